The first-order chi connectivity index (χ1) is 17.1. The van der Waals surface area contributed by atoms with Crippen LogP contribution in [0.2, 0.25) is 0 Å². The predicted molar refractivity (Wildman–Crippen MR) is 120 cm³/mol. The molecule has 0 unspecified atom stereocenters. The van der Waals surface area contributed by atoms with Gasteiger partial charge in [0, 0.05) is 30.3 Å². The van der Waals surface area contributed by atoms with Crippen LogP contribution in [0.4, 0.5) is 23.4 Å². The molecule has 4 aromatic rings. The van der Waals surface area contributed by atoms with Crippen LogP contribution in [0.15, 0.2) is 48.9 Å². The molecule has 0 saturated carbocycles. The summed E-state index contributed by atoms with van der Waals surface area (Å²) < 4.78 is 60.0. The van der Waals surface area contributed by atoms with Crippen molar-refractivity contribution in [3.63, 3.8) is 0 Å². The molecule has 0 bridgehead atoms. The number of methoxy groups -OCH3 is 1. The Bertz CT molecular complexity index is 1450. The van der Waals surface area contributed by atoms with Gasteiger partial charge in [-0.2, -0.15) is 18.3 Å². The number of nitrogens with one attached hydrogen (secondary N) is 1. The number of fused-ring (bicyclic) bond motifs is 1. The molecule has 4 rings (SSSR count). The fourth-order valence-corrected chi connectivity index (χ4v) is 3.57. The summed E-state index contributed by atoms with van der Waals surface area (Å²) in [6.45, 7) is -0.0571. The number of nitrogen functional groups attached to an aromatic ring is 1. The first-order valence-corrected chi connectivity index (χ1v) is 10.4. The SMILES string of the molecule is COc1ncc(-c2cc(C(F)(F)F)c3c(N)ncnn23)cc1C(=O)NCCC(=O)c1ccc(F)cc1. The number of anilines is 1. The van der Waals surface area contributed by atoms with E-state index in [-0.39, 0.29) is 52.8 Å². The minimum atomic E-state index is -4.74. The molecule has 0 atom stereocenters. The third-order valence-corrected chi connectivity index (χ3v) is 5.28. The van der Waals surface area contributed by atoms with Gasteiger partial charge in [-0.15, -0.1) is 0 Å². The van der Waals surface area contributed by atoms with Gasteiger partial charge in [0.15, 0.2) is 11.6 Å². The lowest BCUT2D eigenvalue weighted by Gasteiger charge is -2.10. The highest BCUT2D eigenvalue weighted by Crippen LogP contribution is 2.38. The quantitative estimate of drug-likeness (QED) is 0.293. The largest absolute Gasteiger partial charge is 0.480 e. The highest BCUT2D eigenvalue weighted by atomic mass is 19.4. The molecular weight excluding hydrogens is 484 g/mol. The number of halogens is 4. The number of Topliss-reactive ketones (excluding diaryl/α,β-unsaturated/α-hetero) is 1. The van der Waals surface area contributed by atoms with E-state index in [0.717, 1.165) is 29.0 Å². The summed E-state index contributed by atoms with van der Waals surface area (Å²) in [5, 5.41) is 6.43. The summed E-state index contributed by atoms with van der Waals surface area (Å²) >= 11 is 0. The van der Waals surface area contributed by atoms with E-state index in [4.69, 9.17) is 10.5 Å². The molecule has 13 heteroatoms. The Morgan fingerprint density at radius 2 is 1.86 bits per heavy atom. The maximum Gasteiger partial charge on any atom is 0.418 e. The van der Waals surface area contributed by atoms with Gasteiger partial charge in [0.2, 0.25) is 5.88 Å². The topological polar surface area (TPSA) is 124 Å². The van der Waals surface area contributed by atoms with E-state index >= 15 is 0 Å². The van der Waals surface area contributed by atoms with Gasteiger partial charge >= 0.3 is 6.18 Å². The van der Waals surface area contributed by atoms with Gasteiger partial charge in [-0.1, -0.05) is 0 Å². The highest BCUT2D eigenvalue weighted by Gasteiger charge is 2.36. The highest BCUT2D eigenvalue weighted by molar-refractivity contribution is 5.99. The van der Waals surface area contributed by atoms with Crippen LogP contribution in [0.3, 0.4) is 0 Å². The summed E-state index contributed by atoms with van der Waals surface area (Å²) in [5.74, 6) is -1.91. The molecule has 3 N–H and O–H groups in total. The van der Waals surface area contributed by atoms with Gasteiger partial charge in [0.25, 0.3) is 5.91 Å². The van der Waals surface area contributed by atoms with E-state index in [2.05, 4.69) is 20.4 Å². The third kappa shape index (κ3) is 4.80. The van der Waals surface area contributed by atoms with E-state index < -0.39 is 29.0 Å². The molecule has 0 aliphatic heterocycles. The molecule has 0 aliphatic rings. The molecule has 1 aromatic carbocycles. The molecule has 0 spiro atoms. The molecule has 186 valence electrons. The number of aromatic nitrogens is 4. The van der Waals surface area contributed by atoms with Gasteiger partial charge < -0.3 is 15.8 Å². The Morgan fingerprint density at radius 3 is 2.53 bits per heavy atom. The number of hydrogen-bond donors (Lipinski definition) is 2. The zero-order valence-electron chi connectivity index (χ0n) is 18.6. The van der Waals surface area contributed by atoms with Crippen molar-refractivity contribution in [1.82, 2.24) is 24.9 Å². The normalized spacial score (nSPS) is 11.5. The summed E-state index contributed by atoms with van der Waals surface area (Å²) in [4.78, 5) is 32.7. The van der Waals surface area contributed by atoms with Crippen molar-refractivity contribution in [3.8, 4) is 17.1 Å². The van der Waals surface area contributed by atoms with Crippen LogP contribution in [-0.4, -0.2) is 44.9 Å². The number of pyridine rings is 1. The second kappa shape index (κ2) is 9.60. The van der Waals surface area contributed by atoms with Gasteiger partial charge in [-0.3, -0.25) is 9.59 Å². The minimum absolute atomic E-state index is 0.0258. The standard InChI is InChI=1S/C23H18F4N6O3/c1-36-22-15(21(35)29-7-6-18(34)12-2-4-14(24)5-3-12)8-13(10-30-22)17-9-16(23(25,26)27)19-20(28)31-11-32-33(17)19/h2-5,8-11H,6-7H2,1H3,(H,29,35)(H2,28,31,32). The number of nitrogens with zero attached hydrogens (tertiary/aromatic N) is 4. The number of carbonyl (C=O) groups is 2. The Labute approximate surface area is 200 Å². The summed E-state index contributed by atoms with van der Waals surface area (Å²) in [6.07, 6.45) is -2.57. The Balaban J connectivity index is 1.61. The third-order valence-electron chi connectivity index (χ3n) is 5.28. The summed E-state index contributed by atoms with van der Waals surface area (Å²) in [7, 11) is 1.28. The zero-order valence-corrected chi connectivity index (χ0v) is 18.6. The number of carbonyl (C=O) groups excluding carboxylic acids is 2. The lowest BCUT2D eigenvalue weighted by Crippen LogP contribution is -2.26. The Hall–Kier alpha value is -4.55. The molecule has 0 saturated heterocycles. The Kier molecular flexibility index (Phi) is 6.55. The van der Waals surface area contributed by atoms with E-state index in [9.17, 15) is 27.2 Å². The molecule has 1 amide bonds. The second-order valence-corrected chi connectivity index (χ2v) is 7.56. The van der Waals surface area contributed by atoms with Crippen LogP contribution in [0.1, 0.15) is 32.7 Å². The Morgan fingerprint density at radius 1 is 1.14 bits per heavy atom. The summed E-state index contributed by atoms with van der Waals surface area (Å²) in [6, 6.07) is 7.12. The van der Waals surface area contributed by atoms with Crippen LogP contribution in [0, 0.1) is 5.82 Å². The van der Waals surface area contributed by atoms with Gasteiger partial charge in [-0.25, -0.2) is 18.9 Å². The number of ether oxygens (including phenoxy) is 1. The average Bonchev–Trinajstić information content (AvgIpc) is 3.25. The minimum Gasteiger partial charge on any atom is -0.480 e. The van der Waals surface area contributed by atoms with Crippen molar-refractivity contribution in [2.75, 3.05) is 19.4 Å². The van der Waals surface area contributed by atoms with Crippen molar-refractivity contribution in [2.24, 2.45) is 0 Å². The maximum atomic E-state index is 13.6. The maximum absolute atomic E-state index is 13.6. The van der Waals surface area contributed by atoms with Crippen LogP contribution in [0.25, 0.3) is 16.8 Å². The van der Waals surface area contributed by atoms with Crippen molar-refractivity contribution >= 4 is 23.0 Å². The van der Waals surface area contributed by atoms with Crippen molar-refractivity contribution < 1.29 is 31.9 Å². The van der Waals surface area contributed by atoms with Crippen molar-refractivity contribution in [2.45, 2.75) is 12.6 Å². The number of rotatable bonds is 7. The average molecular weight is 502 g/mol. The lowest BCUT2D eigenvalue weighted by molar-refractivity contribution is -0.136. The number of nitrogens with two attached hydrogens (primary N) is 1. The second-order valence-electron chi connectivity index (χ2n) is 7.56. The van der Waals surface area contributed by atoms with Gasteiger partial charge in [0.1, 0.15) is 23.2 Å². The molecule has 36 heavy (non-hydrogen) atoms. The van der Waals surface area contributed by atoms with Crippen LogP contribution < -0.4 is 15.8 Å². The monoisotopic (exact) mass is 502 g/mol. The molecule has 0 radical (unpaired) electrons. The summed E-state index contributed by atoms with van der Waals surface area (Å²) in [5.41, 5.74) is 4.52. The fourth-order valence-electron chi connectivity index (χ4n) is 3.57. The predicted octanol–water partition coefficient (Wildman–Crippen LogP) is 3.54. The molecular formula is C23H18F4N6O3. The lowest BCUT2D eigenvalue weighted by atomic mass is 10.1. The number of alkyl halides is 3. The molecule has 0 fully saturated rings. The molecule has 3 heterocycles. The van der Waals surface area contributed by atoms with E-state index in [0.29, 0.717) is 0 Å². The first kappa shape index (κ1) is 24.6. The van der Waals surface area contributed by atoms with E-state index in [1.54, 1.807) is 0 Å². The number of benzene rings is 1. The number of amides is 1. The van der Waals surface area contributed by atoms with Gasteiger partial charge in [0.05, 0.1) is 18.4 Å². The fraction of sp³-hybridized carbons (Fsp3) is 0.174. The smallest absolute Gasteiger partial charge is 0.418 e. The zero-order chi connectivity index (χ0) is 26.0. The molecule has 9 nitrogen and oxygen atoms in total. The molecule has 0 aliphatic carbocycles. The number of hydrogen-bond acceptors (Lipinski definition) is 7. The molecule has 3 aromatic heterocycles. The van der Waals surface area contributed by atoms with Crippen molar-refractivity contribution in [1.29, 1.82) is 0 Å². The first-order valence-electron chi connectivity index (χ1n) is 10.4. The van der Waals surface area contributed by atoms with E-state index in [1.807, 2.05) is 0 Å². The van der Waals surface area contributed by atoms with Crippen LogP contribution in [0.5, 0.6) is 5.88 Å². The number of ketones is 1. The van der Waals surface area contributed by atoms with Crippen LogP contribution in [-0.2, 0) is 6.18 Å². The van der Waals surface area contributed by atoms with E-state index in [1.165, 1.54) is 31.5 Å². The van der Waals surface area contributed by atoms with Crippen molar-refractivity contribution in [3.05, 3.63) is 71.4 Å². The van der Waals surface area contributed by atoms with Crippen LogP contribution >= 0.6 is 0 Å². The van der Waals surface area contributed by atoms with Gasteiger partial charge in [-0.05, 0) is 36.4 Å².